The number of amides is 1. The number of likely N-dealkylation sites (tertiary alicyclic amines) is 1. The minimum atomic E-state index is -0.695. The molecule has 1 heterocycles. The number of rotatable bonds is 6. The summed E-state index contributed by atoms with van der Waals surface area (Å²) in [5.41, 5.74) is 3.15. The highest BCUT2D eigenvalue weighted by Crippen LogP contribution is 2.40. The van der Waals surface area contributed by atoms with Crippen LogP contribution in [0.4, 0.5) is 0 Å². The van der Waals surface area contributed by atoms with Crippen LogP contribution in [0.5, 0.6) is 5.75 Å². The molecule has 152 valence electrons. The molecule has 0 unspecified atom stereocenters. The van der Waals surface area contributed by atoms with Crippen molar-refractivity contribution in [2.24, 2.45) is 0 Å². The fourth-order valence-corrected chi connectivity index (χ4v) is 3.57. The van der Waals surface area contributed by atoms with Crippen LogP contribution in [-0.2, 0) is 14.3 Å². The van der Waals surface area contributed by atoms with E-state index in [0.29, 0.717) is 11.3 Å². The van der Waals surface area contributed by atoms with Gasteiger partial charge >= 0.3 is 0 Å². The second-order valence-corrected chi connectivity index (χ2v) is 7.08. The Bertz CT molecular complexity index is 962. The maximum absolute atomic E-state index is 12.9. The minimum Gasteiger partial charge on any atom is -0.507 e. The van der Waals surface area contributed by atoms with Gasteiger partial charge in [0.2, 0.25) is 0 Å². The van der Waals surface area contributed by atoms with Gasteiger partial charge < -0.3 is 19.5 Å². The van der Waals surface area contributed by atoms with E-state index in [-0.39, 0.29) is 24.5 Å². The molecule has 0 aromatic heterocycles. The highest BCUT2D eigenvalue weighted by molar-refractivity contribution is 6.46. The van der Waals surface area contributed by atoms with Crippen molar-refractivity contribution in [3.63, 3.8) is 0 Å². The summed E-state index contributed by atoms with van der Waals surface area (Å²) in [5.74, 6) is -0.872. The molecule has 1 fully saturated rings. The summed E-state index contributed by atoms with van der Waals surface area (Å²) >= 11 is 0. The van der Waals surface area contributed by atoms with Crippen molar-refractivity contribution < 1.29 is 24.2 Å². The van der Waals surface area contributed by atoms with Gasteiger partial charge in [0.15, 0.2) is 0 Å². The first kappa shape index (κ1) is 20.6. The van der Waals surface area contributed by atoms with Gasteiger partial charge in [-0.3, -0.25) is 9.59 Å². The van der Waals surface area contributed by atoms with Crippen molar-refractivity contribution >= 4 is 17.4 Å². The number of nitrogens with zero attached hydrogens (tertiary/aromatic N) is 1. The van der Waals surface area contributed by atoms with Crippen LogP contribution in [0.3, 0.4) is 0 Å². The largest absolute Gasteiger partial charge is 0.507 e. The third kappa shape index (κ3) is 3.89. The predicted molar refractivity (Wildman–Crippen MR) is 110 cm³/mol. The van der Waals surface area contributed by atoms with E-state index in [2.05, 4.69) is 0 Å². The lowest BCUT2D eigenvalue weighted by molar-refractivity contribution is -0.140. The van der Waals surface area contributed by atoms with Crippen molar-refractivity contribution in [2.45, 2.75) is 19.9 Å². The Morgan fingerprint density at radius 1 is 1.07 bits per heavy atom. The smallest absolute Gasteiger partial charge is 0.295 e. The van der Waals surface area contributed by atoms with Crippen LogP contribution in [0.25, 0.3) is 5.76 Å². The fourth-order valence-electron chi connectivity index (χ4n) is 3.57. The molecule has 1 aliphatic rings. The van der Waals surface area contributed by atoms with E-state index >= 15 is 0 Å². The molecule has 29 heavy (non-hydrogen) atoms. The molecule has 6 nitrogen and oxygen atoms in total. The molecular weight excluding hydrogens is 370 g/mol. The number of Topliss-reactive ketones (excluding diaryl/α,β-unsaturated/α-hetero) is 1. The second-order valence-electron chi connectivity index (χ2n) is 7.08. The van der Waals surface area contributed by atoms with Crippen LogP contribution < -0.4 is 4.74 Å². The zero-order chi connectivity index (χ0) is 21.1. The zero-order valence-corrected chi connectivity index (χ0v) is 17.1. The summed E-state index contributed by atoms with van der Waals surface area (Å²) < 4.78 is 10.3. The predicted octanol–water partition coefficient (Wildman–Crippen LogP) is 3.38. The minimum absolute atomic E-state index is 0.0863. The number of hydrogen-bond acceptors (Lipinski definition) is 5. The van der Waals surface area contributed by atoms with E-state index in [4.69, 9.17) is 9.47 Å². The highest BCUT2D eigenvalue weighted by atomic mass is 16.5. The van der Waals surface area contributed by atoms with Crippen molar-refractivity contribution in [1.82, 2.24) is 4.90 Å². The molecule has 1 saturated heterocycles. The number of ether oxygens (including phenoxy) is 2. The Morgan fingerprint density at radius 2 is 1.76 bits per heavy atom. The Balaban J connectivity index is 2.17. The average Bonchev–Trinajstić information content (AvgIpc) is 2.96. The first-order valence-electron chi connectivity index (χ1n) is 9.38. The number of ketones is 1. The normalized spacial score (nSPS) is 18.3. The Morgan fingerprint density at radius 3 is 2.34 bits per heavy atom. The summed E-state index contributed by atoms with van der Waals surface area (Å²) in [6.07, 6.45) is 0. The standard InChI is InChI=1S/C23H25NO5/c1-14-5-7-16(8-6-14)20-19(22(26)23(27)24(20)11-12-28-3)21(25)18-10-9-17(29-4)13-15(18)2/h5-10,13,20,25H,11-12H2,1-4H3/b21-19+/t20-/m1/s1. The number of aryl methyl sites for hydroxylation is 2. The number of aliphatic hydroxyl groups excluding tert-OH is 1. The first-order valence-corrected chi connectivity index (χ1v) is 9.38. The molecule has 0 spiro atoms. The molecule has 1 amide bonds. The molecule has 1 atom stereocenters. The van der Waals surface area contributed by atoms with Crippen LogP contribution in [0.2, 0.25) is 0 Å². The average molecular weight is 395 g/mol. The molecule has 3 rings (SSSR count). The summed E-state index contributed by atoms with van der Waals surface area (Å²) in [7, 11) is 3.10. The van der Waals surface area contributed by atoms with Gasteiger partial charge in [-0.15, -0.1) is 0 Å². The van der Waals surface area contributed by atoms with Crippen LogP contribution in [-0.4, -0.2) is 49.1 Å². The Kier molecular flexibility index (Phi) is 6.03. The van der Waals surface area contributed by atoms with Crippen molar-refractivity contribution in [1.29, 1.82) is 0 Å². The number of methoxy groups -OCH3 is 2. The third-order valence-electron chi connectivity index (χ3n) is 5.16. The van der Waals surface area contributed by atoms with Crippen molar-refractivity contribution in [3.05, 3.63) is 70.3 Å². The summed E-state index contributed by atoms with van der Waals surface area (Å²) in [6, 6.07) is 12.1. The van der Waals surface area contributed by atoms with E-state index in [1.807, 2.05) is 38.1 Å². The summed E-state index contributed by atoms with van der Waals surface area (Å²) in [6.45, 7) is 4.32. The van der Waals surface area contributed by atoms with Crippen LogP contribution in [0.15, 0.2) is 48.0 Å². The first-order chi connectivity index (χ1) is 13.9. The van der Waals surface area contributed by atoms with Gasteiger partial charge in [0, 0.05) is 19.2 Å². The van der Waals surface area contributed by atoms with E-state index in [0.717, 1.165) is 16.7 Å². The van der Waals surface area contributed by atoms with Gasteiger partial charge in [-0.2, -0.15) is 0 Å². The van der Waals surface area contributed by atoms with Crippen LogP contribution in [0.1, 0.15) is 28.3 Å². The van der Waals surface area contributed by atoms with Crippen LogP contribution in [0, 0.1) is 13.8 Å². The molecule has 2 aromatic rings. The van der Waals surface area contributed by atoms with Gasteiger partial charge in [0.05, 0.1) is 25.3 Å². The quantitative estimate of drug-likeness (QED) is 0.461. The highest BCUT2D eigenvalue weighted by Gasteiger charge is 2.45. The maximum atomic E-state index is 12.9. The van der Waals surface area contributed by atoms with Crippen molar-refractivity contribution in [3.8, 4) is 5.75 Å². The lowest BCUT2D eigenvalue weighted by atomic mass is 9.93. The van der Waals surface area contributed by atoms with Crippen LogP contribution >= 0.6 is 0 Å². The van der Waals surface area contributed by atoms with Gasteiger partial charge in [-0.05, 0) is 43.2 Å². The Hall–Kier alpha value is -3.12. The van der Waals surface area contributed by atoms with Gasteiger partial charge in [0.1, 0.15) is 11.5 Å². The zero-order valence-electron chi connectivity index (χ0n) is 17.1. The fraction of sp³-hybridized carbons (Fsp3) is 0.304. The number of carbonyl (C=O) groups is 2. The van der Waals surface area contributed by atoms with E-state index in [9.17, 15) is 14.7 Å². The lowest BCUT2D eigenvalue weighted by Gasteiger charge is -2.25. The van der Waals surface area contributed by atoms with E-state index < -0.39 is 17.7 Å². The molecule has 1 N–H and O–H groups in total. The molecular formula is C23H25NO5. The molecule has 1 aliphatic heterocycles. The van der Waals surface area contributed by atoms with Gasteiger partial charge in [0.25, 0.3) is 11.7 Å². The third-order valence-corrected chi connectivity index (χ3v) is 5.16. The second kappa shape index (κ2) is 8.49. The molecule has 0 radical (unpaired) electrons. The molecule has 0 aliphatic carbocycles. The van der Waals surface area contributed by atoms with Crippen molar-refractivity contribution in [2.75, 3.05) is 27.4 Å². The number of carbonyl (C=O) groups excluding carboxylic acids is 2. The molecule has 0 saturated carbocycles. The number of aliphatic hydroxyl groups is 1. The maximum Gasteiger partial charge on any atom is 0.295 e. The Labute approximate surface area is 170 Å². The van der Waals surface area contributed by atoms with Gasteiger partial charge in [-0.1, -0.05) is 29.8 Å². The van der Waals surface area contributed by atoms with E-state index in [1.165, 1.54) is 12.0 Å². The van der Waals surface area contributed by atoms with Gasteiger partial charge in [-0.25, -0.2) is 0 Å². The topological polar surface area (TPSA) is 76.1 Å². The molecule has 0 bridgehead atoms. The SMILES string of the molecule is COCCN1C(=O)C(=O)/C(=C(/O)c2ccc(OC)cc2C)[C@H]1c1ccc(C)cc1. The monoisotopic (exact) mass is 395 g/mol. The summed E-state index contributed by atoms with van der Waals surface area (Å²) in [5, 5.41) is 11.1. The van der Waals surface area contributed by atoms with E-state index in [1.54, 1.807) is 25.3 Å². The molecule has 6 heteroatoms. The number of hydrogen-bond donors (Lipinski definition) is 1. The molecule has 2 aromatic carbocycles. The lowest BCUT2D eigenvalue weighted by Crippen LogP contribution is -2.32. The summed E-state index contributed by atoms with van der Waals surface area (Å²) in [4.78, 5) is 27.1. The number of benzene rings is 2.